The Labute approximate surface area is 155 Å². The number of amides is 1. The minimum atomic E-state index is 0.0958. The van der Waals surface area contributed by atoms with Gasteiger partial charge in [-0.3, -0.25) is 4.79 Å². The fraction of sp³-hybridized carbons (Fsp3) is 0.222. The van der Waals surface area contributed by atoms with Gasteiger partial charge < -0.3 is 10.6 Å². The van der Waals surface area contributed by atoms with Crippen LogP contribution in [0, 0.1) is 0 Å². The van der Waals surface area contributed by atoms with Crippen molar-refractivity contribution in [1.29, 1.82) is 0 Å². The Hall–Kier alpha value is -2.93. The topological polar surface area (TPSA) is 84.7 Å². The summed E-state index contributed by atoms with van der Waals surface area (Å²) in [6, 6.07) is 9.48. The summed E-state index contributed by atoms with van der Waals surface area (Å²) in [5.41, 5.74) is 2.44. The van der Waals surface area contributed by atoms with Crippen LogP contribution < -0.4 is 10.6 Å². The van der Waals surface area contributed by atoms with E-state index < -0.39 is 0 Å². The third-order valence-electron chi connectivity index (χ3n) is 4.22. The molecule has 1 aliphatic rings. The minimum absolute atomic E-state index is 0.0958. The molecule has 1 atom stereocenters. The number of aromatic nitrogens is 4. The van der Waals surface area contributed by atoms with E-state index in [4.69, 9.17) is 11.6 Å². The predicted molar refractivity (Wildman–Crippen MR) is 99.3 cm³/mol. The van der Waals surface area contributed by atoms with Gasteiger partial charge in [-0.25, -0.2) is 14.6 Å². The monoisotopic (exact) mass is 368 g/mol. The number of para-hydroxylation sites is 1. The van der Waals surface area contributed by atoms with E-state index in [1.165, 1.54) is 0 Å². The molecule has 8 heteroatoms. The largest absolute Gasteiger partial charge is 0.352 e. The molecule has 0 saturated carbocycles. The van der Waals surface area contributed by atoms with Gasteiger partial charge in [0, 0.05) is 37.0 Å². The smallest absolute Gasteiger partial charge is 0.223 e. The first-order valence-electron chi connectivity index (χ1n) is 8.35. The van der Waals surface area contributed by atoms with Gasteiger partial charge in [-0.2, -0.15) is 5.10 Å². The summed E-state index contributed by atoms with van der Waals surface area (Å²) in [7, 11) is 0. The summed E-state index contributed by atoms with van der Waals surface area (Å²) in [5, 5.41) is 11.1. The van der Waals surface area contributed by atoms with Gasteiger partial charge in [-0.05, 0) is 24.6 Å². The fourth-order valence-electron chi connectivity index (χ4n) is 2.87. The number of carbonyl (C=O) groups excluding carboxylic acids is 1. The van der Waals surface area contributed by atoms with E-state index in [2.05, 4.69) is 25.7 Å². The molecule has 4 rings (SSSR count). The van der Waals surface area contributed by atoms with E-state index >= 15 is 0 Å². The van der Waals surface area contributed by atoms with Crippen molar-refractivity contribution >= 4 is 23.5 Å². The fourth-order valence-corrected chi connectivity index (χ4v) is 3.10. The van der Waals surface area contributed by atoms with Crippen molar-refractivity contribution in [2.45, 2.75) is 18.9 Å². The molecule has 26 heavy (non-hydrogen) atoms. The van der Waals surface area contributed by atoms with Crippen LogP contribution in [0.15, 0.2) is 48.9 Å². The van der Waals surface area contributed by atoms with E-state index in [0.717, 1.165) is 23.4 Å². The second kappa shape index (κ2) is 7.13. The molecule has 1 saturated heterocycles. The standard InChI is InChI=1S/C18H17ClN6O/c19-14-3-1-2-4-16(14)25-11-12(9-22-25)15-7-8-20-18(24-15)21-10-13-5-6-17(26)23-13/h1-4,7-9,11,13H,5-6,10H2,(H,23,26)(H,20,21,24). The van der Waals surface area contributed by atoms with E-state index in [9.17, 15) is 4.79 Å². The first-order chi connectivity index (χ1) is 12.7. The highest BCUT2D eigenvalue weighted by atomic mass is 35.5. The second-order valence-corrected chi connectivity index (χ2v) is 6.48. The molecule has 132 valence electrons. The van der Waals surface area contributed by atoms with Gasteiger partial charge in [-0.15, -0.1) is 0 Å². The average Bonchev–Trinajstić information content (AvgIpc) is 3.30. The number of carbonyl (C=O) groups is 1. The molecule has 3 heterocycles. The Morgan fingerprint density at radius 3 is 3.00 bits per heavy atom. The number of benzene rings is 1. The highest BCUT2D eigenvalue weighted by Gasteiger charge is 2.20. The average molecular weight is 369 g/mol. The lowest BCUT2D eigenvalue weighted by molar-refractivity contribution is -0.119. The maximum Gasteiger partial charge on any atom is 0.223 e. The molecule has 2 aromatic heterocycles. The van der Waals surface area contributed by atoms with Gasteiger partial charge in [0.05, 0.1) is 22.6 Å². The number of nitrogens with one attached hydrogen (secondary N) is 2. The minimum Gasteiger partial charge on any atom is -0.352 e. The van der Waals surface area contributed by atoms with Crippen molar-refractivity contribution in [2.24, 2.45) is 0 Å². The highest BCUT2D eigenvalue weighted by molar-refractivity contribution is 6.32. The first-order valence-corrected chi connectivity index (χ1v) is 8.73. The molecular formula is C18H17ClN6O. The van der Waals surface area contributed by atoms with Crippen LogP contribution in [0.4, 0.5) is 5.95 Å². The molecule has 2 N–H and O–H groups in total. The van der Waals surface area contributed by atoms with Crippen LogP contribution in [0.5, 0.6) is 0 Å². The van der Waals surface area contributed by atoms with Crippen molar-refractivity contribution in [2.75, 3.05) is 11.9 Å². The quantitative estimate of drug-likeness (QED) is 0.723. The van der Waals surface area contributed by atoms with Crippen molar-refractivity contribution in [3.8, 4) is 16.9 Å². The lowest BCUT2D eigenvalue weighted by Gasteiger charge is -2.11. The van der Waals surface area contributed by atoms with Crippen LogP contribution in [-0.4, -0.2) is 38.2 Å². The lowest BCUT2D eigenvalue weighted by Crippen LogP contribution is -2.32. The molecule has 0 spiro atoms. The molecule has 1 aliphatic heterocycles. The number of hydrogen-bond acceptors (Lipinski definition) is 5. The summed E-state index contributed by atoms with van der Waals surface area (Å²) >= 11 is 6.23. The first kappa shape index (κ1) is 16.5. The summed E-state index contributed by atoms with van der Waals surface area (Å²) in [4.78, 5) is 20.0. The van der Waals surface area contributed by atoms with E-state index in [1.54, 1.807) is 17.1 Å². The molecule has 7 nitrogen and oxygen atoms in total. The van der Waals surface area contributed by atoms with Gasteiger partial charge in [0.15, 0.2) is 0 Å². The van der Waals surface area contributed by atoms with Gasteiger partial charge in [0.25, 0.3) is 0 Å². The molecule has 1 aromatic carbocycles. The van der Waals surface area contributed by atoms with Crippen LogP contribution in [0.2, 0.25) is 5.02 Å². The van der Waals surface area contributed by atoms with Gasteiger partial charge >= 0.3 is 0 Å². The Bertz CT molecular complexity index is 941. The lowest BCUT2D eigenvalue weighted by atomic mass is 10.2. The molecule has 0 bridgehead atoms. The second-order valence-electron chi connectivity index (χ2n) is 6.07. The van der Waals surface area contributed by atoms with Crippen molar-refractivity contribution in [3.05, 3.63) is 53.9 Å². The van der Waals surface area contributed by atoms with E-state index in [1.807, 2.05) is 36.5 Å². The maximum absolute atomic E-state index is 11.3. The van der Waals surface area contributed by atoms with Gasteiger partial charge in [-0.1, -0.05) is 23.7 Å². The molecule has 1 unspecified atom stereocenters. The maximum atomic E-state index is 11.3. The van der Waals surface area contributed by atoms with Crippen molar-refractivity contribution in [1.82, 2.24) is 25.1 Å². The number of halogens is 1. The van der Waals surface area contributed by atoms with Crippen LogP contribution in [0.3, 0.4) is 0 Å². The molecule has 1 fully saturated rings. The summed E-state index contributed by atoms with van der Waals surface area (Å²) in [6.45, 7) is 0.605. The molecular weight excluding hydrogens is 352 g/mol. The highest BCUT2D eigenvalue weighted by Crippen LogP contribution is 2.23. The predicted octanol–water partition coefficient (Wildman–Crippen LogP) is 2.67. The van der Waals surface area contributed by atoms with Crippen molar-refractivity contribution in [3.63, 3.8) is 0 Å². The normalized spacial score (nSPS) is 16.5. The van der Waals surface area contributed by atoms with E-state index in [0.29, 0.717) is 23.9 Å². The van der Waals surface area contributed by atoms with Crippen molar-refractivity contribution < 1.29 is 4.79 Å². The Balaban J connectivity index is 1.50. The molecule has 1 amide bonds. The van der Waals surface area contributed by atoms with Gasteiger partial charge in [0.2, 0.25) is 11.9 Å². The zero-order valence-corrected chi connectivity index (χ0v) is 14.6. The van der Waals surface area contributed by atoms with Crippen LogP contribution in [0.25, 0.3) is 16.9 Å². The SMILES string of the molecule is O=C1CCC(CNc2nccc(-c3cnn(-c4ccccc4Cl)c3)n2)N1. The number of nitrogens with zero attached hydrogens (tertiary/aromatic N) is 4. The van der Waals surface area contributed by atoms with Gasteiger partial charge in [0.1, 0.15) is 0 Å². The Morgan fingerprint density at radius 1 is 1.31 bits per heavy atom. The zero-order chi connectivity index (χ0) is 17.9. The van der Waals surface area contributed by atoms with Crippen LogP contribution in [-0.2, 0) is 4.79 Å². The third-order valence-corrected chi connectivity index (χ3v) is 4.54. The van der Waals surface area contributed by atoms with E-state index in [-0.39, 0.29) is 11.9 Å². The third kappa shape index (κ3) is 3.52. The molecule has 0 radical (unpaired) electrons. The zero-order valence-electron chi connectivity index (χ0n) is 13.9. The number of anilines is 1. The molecule has 0 aliphatic carbocycles. The Kier molecular flexibility index (Phi) is 4.53. The summed E-state index contributed by atoms with van der Waals surface area (Å²) in [6.07, 6.45) is 6.73. The number of hydrogen-bond donors (Lipinski definition) is 2. The van der Waals surface area contributed by atoms with Crippen LogP contribution in [0.1, 0.15) is 12.8 Å². The summed E-state index contributed by atoms with van der Waals surface area (Å²) < 4.78 is 1.72. The number of rotatable bonds is 5. The Morgan fingerprint density at radius 2 is 2.19 bits per heavy atom. The van der Waals surface area contributed by atoms with Crippen LogP contribution >= 0.6 is 11.6 Å². The molecule has 3 aromatic rings. The summed E-state index contributed by atoms with van der Waals surface area (Å²) in [5.74, 6) is 0.618.